The van der Waals surface area contributed by atoms with Crippen molar-refractivity contribution in [2.24, 2.45) is 0 Å². The fourth-order valence-corrected chi connectivity index (χ4v) is 0.943. The average molecular weight is 150 g/mol. The van der Waals surface area contributed by atoms with E-state index in [0.717, 1.165) is 0 Å². The molecule has 0 saturated heterocycles. The maximum Gasteiger partial charge on any atom is -0.0306 e. The van der Waals surface area contributed by atoms with Crippen molar-refractivity contribution in [1.29, 1.82) is 0 Å². The summed E-state index contributed by atoms with van der Waals surface area (Å²) < 4.78 is 0. The summed E-state index contributed by atoms with van der Waals surface area (Å²) >= 11 is 0. The van der Waals surface area contributed by atoms with E-state index in [1.165, 1.54) is 24.8 Å². The van der Waals surface area contributed by atoms with Gasteiger partial charge < -0.3 is 0 Å². The fraction of sp³-hybridized carbons (Fsp3) is 0.455. The zero-order valence-electron chi connectivity index (χ0n) is 7.64. The molecule has 1 aliphatic carbocycles. The van der Waals surface area contributed by atoms with Gasteiger partial charge in [-0.05, 0) is 24.8 Å². The molecule has 0 nitrogen and oxygen atoms in total. The van der Waals surface area contributed by atoms with Crippen LogP contribution in [0.4, 0.5) is 0 Å². The third-order valence-corrected chi connectivity index (χ3v) is 1.50. The lowest BCUT2D eigenvalue weighted by Gasteiger charge is -1.86. The van der Waals surface area contributed by atoms with Gasteiger partial charge in [0.05, 0.1) is 0 Å². The highest BCUT2D eigenvalue weighted by molar-refractivity contribution is 5.29. The van der Waals surface area contributed by atoms with Crippen molar-refractivity contribution in [2.75, 3.05) is 0 Å². The summed E-state index contributed by atoms with van der Waals surface area (Å²) in [5, 5.41) is 0. The molecule has 0 amide bonds. The van der Waals surface area contributed by atoms with Crippen LogP contribution in [0, 0.1) is 0 Å². The molecule has 0 heterocycles. The second-order valence-electron chi connectivity index (χ2n) is 2.24. The van der Waals surface area contributed by atoms with E-state index in [4.69, 9.17) is 0 Å². The first-order valence-corrected chi connectivity index (χ1v) is 4.42. The summed E-state index contributed by atoms with van der Waals surface area (Å²) in [6.45, 7) is 7.71. The van der Waals surface area contributed by atoms with Crippen LogP contribution in [0.1, 0.15) is 33.1 Å². The molecule has 0 aliphatic heterocycles. The maximum absolute atomic E-state index is 3.71. The Balaban J connectivity index is 0.000000461. The number of hydrogen-bond acceptors (Lipinski definition) is 0. The molecule has 62 valence electrons. The molecule has 0 aromatic carbocycles. The lowest BCUT2D eigenvalue weighted by atomic mass is 10.2. The first-order valence-electron chi connectivity index (χ1n) is 4.42. The largest absolute Gasteiger partial charge is 0.0985 e. The van der Waals surface area contributed by atoms with Gasteiger partial charge in [0, 0.05) is 0 Å². The van der Waals surface area contributed by atoms with Crippen LogP contribution in [0.25, 0.3) is 0 Å². The molecule has 0 N–H and O–H groups in total. The highest BCUT2D eigenvalue weighted by atomic mass is 14.0. The first-order chi connectivity index (χ1) is 5.43. The summed E-state index contributed by atoms with van der Waals surface area (Å²) in [7, 11) is 0. The van der Waals surface area contributed by atoms with Gasteiger partial charge in [-0.25, -0.2) is 0 Å². The quantitative estimate of drug-likeness (QED) is 0.532. The van der Waals surface area contributed by atoms with Crippen molar-refractivity contribution < 1.29 is 0 Å². The summed E-state index contributed by atoms with van der Waals surface area (Å²) in [5.41, 5.74) is 1.27. The molecule has 0 spiro atoms. The number of allylic oxidation sites excluding steroid dienone is 5. The van der Waals surface area contributed by atoms with Crippen molar-refractivity contribution in [2.45, 2.75) is 33.1 Å². The van der Waals surface area contributed by atoms with E-state index in [1.807, 2.05) is 19.9 Å². The molecule has 0 aromatic heterocycles. The van der Waals surface area contributed by atoms with Crippen LogP contribution < -0.4 is 0 Å². The molecule has 0 bridgehead atoms. The van der Waals surface area contributed by atoms with Crippen LogP contribution in [0.15, 0.2) is 36.5 Å². The molecule has 0 fully saturated rings. The van der Waals surface area contributed by atoms with E-state index in [0.29, 0.717) is 0 Å². The van der Waals surface area contributed by atoms with Gasteiger partial charge in [-0.3, -0.25) is 0 Å². The van der Waals surface area contributed by atoms with E-state index >= 15 is 0 Å². The number of rotatable bonds is 1. The van der Waals surface area contributed by atoms with Crippen LogP contribution in [-0.2, 0) is 0 Å². The van der Waals surface area contributed by atoms with Crippen molar-refractivity contribution in [3.63, 3.8) is 0 Å². The zero-order valence-corrected chi connectivity index (χ0v) is 7.64. The molecule has 0 unspecified atom stereocenters. The lowest BCUT2D eigenvalue weighted by molar-refractivity contribution is 0.875. The van der Waals surface area contributed by atoms with E-state index in [-0.39, 0.29) is 0 Å². The minimum atomic E-state index is 1.20. The third-order valence-electron chi connectivity index (χ3n) is 1.50. The monoisotopic (exact) mass is 150 g/mol. The fourth-order valence-electron chi connectivity index (χ4n) is 0.943. The summed E-state index contributed by atoms with van der Waals surface area (Å²) in [5.74, 6) is 0. The van der Waals surface area contributed by atoms with Crippen molar-refractivity contribution in [3.05, 3.63) is 36.5 Å². The van der Waals surface area contributed by atoms with Crippen LogP contribution >= 0.6 is 0 Å². The van der Waals surface area contributed by atoms with Gasteiger partial charge in [0.25, 0.3) is 0 Å². The second-order valence-corrected chi connectivity index (χ2v) is 2.24. The average Bonchev–Trinajstić information content (AvgIpc) is 2.35. The second kappa shape index (κ2) is 7.33. The predicted octanol–water partition coefficient (Wildman–Crippen LogP) is 3.87. The predicted molar refractivity (Wildman–Crippen MR) is 52.6 cm³/mol. The van der Waals surface area contributed by atoms with Crippen molar-refractivity contribution >= 4 is 0 Å². The van der Waals surface area contributed by atoms with Gasteiger partial charge in [0.1, 0.15) is 0 Å². The van der Waals surface area contributed by atoms with Gasteiger partial charge in [-0.2, -0.15) is 0 Å². The van der Waals surface area contributed by atoms with Crippen molar-refractivity contribution in [3.8, 4) is 0 Å². The highest BCUT2D eigenvalue weighted by Crippen LogP contribution is 2.09. The highest BCUT2D eigenvalue weighted by Gasteiger charge is 1.89. The van der Waals surface area contributed by atoms with E-state index in [1.54, 1.807) is 0 Å². The molecular formula is C11H18. The summed E-state index contributed by atoms with van der Waals surface area (Å²) in [6, 6.07) is 0. The van der Waals surface area contributed by atoms with Crippen LogP contribution in [0.3, 0.4) is 0 Å². The van der Waals surface area contributed by atoms with Gasteiger partial charge in [-0.1, -0.05) is 44.7 Å². The summed E-state index contributed by atoms with van der Waals surface area (Å²) in [4.78, 5) is 0. The maximum atomic E-state index is 3.71. The lowest BCUT2D eigenvalue weighted by Crippen LogP contribution is -1.66. The molecule has 0 aromatic rings. The minimum Gasteiger partial charge on any atom is -0.0985 e. The molecule has 0 atom stereocenters. The standard InChI is InChI=1S/C9H12.C2H6/c1-2-9-7-5-3-4-6-8-9;1-2/h2,5,7-8H,1,3-4,6H2;1-2H3. The minimum absolute atomic E-state index is 1.20. The normalized spacial score (nSPS) is 15.6. The Morgan fingerprint density at radius 1 is 1.36 bits per heavy atom. The van der Waals surface area contributed by atoms with E-state index in [9.17, 15) is 0 Å². The Morgan fingerprint density at radius 3 is 2.73 bits per heavy atom. The van der Waals surface area contributed by atoms with Gasteiger partial charge in [-0.15, -0.1) is 0 Å². The Labute approximate surface area is 70.3 Å². The molecular weight excluding hydrogens is 132 g/mol. The van der Waals surface area contributed by atoms with E-state index in [2.05, 4.69) is 24.8 Å². The molecule has 1 rings (SSSR count). The first kappa shape index (κ1) is 10.2. The van der Waals surface area contributed by atoms with Crippen LogP contribution in [0.2, 0.25) is 0 Å². The molecule has 0 heteroatoms. The van der Waals surface area contributed by atoms with Crippen molar-refractivity contribution in [1.82, 2.24) is 0 Å². The molecule has 11 heavy (non-hydrogen) atoms. The Kier molecular flexibility index (Phi) is 6.81. The van der Waals surface area contributed by atoms with Gasteiger partial charge in [0.2, 0.25) is 0 Å². The van der Waals surface area contributed by atoms with E-state index < -0.39 is 0 Å². The Morgan fingerprint density at radius 2 is 2.09 bits per heavy atom. The summed E-state index contributed by atoms with van der Waals surface area (Å²) in [6.07, 6.45) is 12.2. The number of hydrogen-bond donors (Lipinski definition) is 0. The van der Waals surface area contributed by atoms with Crippen LogP contribution in [0.5, 0.6) is 0 Å². The smallest absolute Gasteiger partial charge is 0.0306 e. The molecule has 0 radical (unpaired) electrons. The van der Waals surface area contributed by atoms with Crippen LogP contribution in [-0.4, -0.2) is 0 Å². The molecule has 0 saturated carbocycles. The Hall–Kier alpha value is -0.780. The topological polar surface area (TPSA) is 0 Å². The third kappa shape index (κ3) is 4.60. The van der Waals surface area contributed by atoms with Gasteiger partial charge >= 0.3 is 0 Å². The molecule has 1 aliphatic rings. The Bertz CT molecular complexity index is 149. The SMILES string of the molecule is C=CC1=CCCCC=C1.CC. The zero-order chi connectivity index (χ0) is 8.53. The van der Waals surface area contributed by atoms with Gasteiger partial charge in [0.15, 0.2) is 0 Å².